The minimum Gasteiger partial charge on any atom is -0.392 e. The molecule has 22 heavy (non-hydrogen) atoms. The molecule has 0 radical (unpaired) electrons. The van der Waals surface area contributed by atoms with E-state index in [1.54, 1.807) is 13.0 Å². The van der Waals surface area contributed by atoms with Gasteiger partial charge in [0, 0.05) is 17.7 Å². The van der Waals surface area contributed by atoms with Crippen LogP contribution in [0.2, 0.25) is 0 Å². The molecule has 1 atom stereocenters. The van der Waals surface area contributed by atoms with Gasteiger partial charge in [0.05, 0.1) is 12.1 Å². The van der Waals surface area contributed by atoms with Crippen molar-refractivity contribution < 1.29 is 14.3 Å². The van der Waals surface area contributed by atoms with Crippen LogP contribution in [-0.2, 0) is 10.3 Å². The summed E-state index contributed by atoms with van der Waals surface area (Å²) in [6.07, 6.45) is 0.973. The largest absolute Gasteiger partial charge is 0.392 e. The lowest BCUT2D eigenvalue weighted by molar-refractivity contribution is -0.105. The summed E-state index contributed by atoms with van der Waals surface area (Å²) in [7, 11) is 0. The molecule has 1 heterocycles. The van der Waals surface area contributed by atoms with Crippen LogP contribution in [0.25, 0.3) is 0 Å². The van der Waals surface area contributed by atoms with E-state index < -0.39 is 11.4 Å². The third-order valence-electron chi connectivity index (χ3n) is 3.57. The molecule has 4 N–H and O–H groups in total. The van der Waals surface area contributed by atoms with Gasteiger partial charge in [-0.25, -0.2) is 4.39 Å². The molecule has 0 aromatic heterocycles. The summed E-state index contributed by atoms with van der Waals surface area (Å²) >= 11 is 1.29. The highest BCUT2D eigenvalue weighted by Crippen LogP contribution is 2.43. The van der Waals surface area contributed by atoms with Gasteiger partial charge in [0.1, 0.15) is 5.82 Å². The molecule has 7 heteroatoms. The van der Waals surface area contributed by atoms with E-state index in [2.05, 4.69) is 10.3 Å². The van der Waals surface area contributed by atoms with Gasteiger partial charge >= 0.3 is 0 Å². The van der Waals surface area contributed by atoms with Crippen LogP contribution in [0.4, 0.5) is 10.1 Å². The Morgan fingerprint density at radius 1 is 1.64 bits per heavy atom. The number of carbonyl (C=O) groups excluding carboxylic acids is 1. The second-order valence-electron chi connectivity index (χ2n) is 5.32. The summed E-state index contributed by atoms with van der Waals surface area (Å²) in [6.45, 7) is 3.51. The Kier molecular flexibility index (Phi) is 4.87. The van der Waals surface area contributed by atoms with Crippen LogP contribution in [0.3, 0.4) is 0 Å². The first-order chi connectivity index (χ1) is 10.4. The molecule has 1 aromatic carbocycles. The Morgan fingerprint density at radius 3 is 3.00 bits per heavy atom. The normalized spacial score (nSPS) is 23.7. The maximum Gasteiger partial charge on any atom is 0.211 e. The summed E-state index contributed by atoms with van der Waals surface area (Å²) < 4.78 is 14.3. The molecule has 0 spiro atoms. The minimum absolute atomic E-state index is 0.0824. The molecule has 1 aliphatic heterocycles. The van der Waals surface area contributed by atoms with E-state index in [0.717, 1.165) is 10.5 Å². The molecule has 0 saturated heterocycles. The highest BCUT2D eigenvalue weighted by molar-refractivity contribution is 8.17. The number of amidine groups is 1. The number of hydrogen-bond donors (Lipinski definition) is 3. The number of aliphatic imine (C=N–C) groups is 1. The lowest BCUT2D eigenvalue weighted by atomic mass is 9.87. The minimum atomic E-state index is -0.883. The second-order valence-corrected chi connectivity index (χ2v) is 6.44. The zero-order valence-corrected chi connectivity index (χ0v) is 13.2. The first kappa shape index (κ1) is 16.5. The summed E-state index contributed by atoms with van der Waals surface area (Å²) in [4.78, 5) is 15.8. The third-order valence-corrected chi connectivity index (χ3v) is 4.61. The predicted molar refractivity (Wildman–Crippen MR) is 87.1 cm³/mol. The van der Waals surface area contributed by atoms with Gasteiger partial charge < -0.3 is 16.2 Å². The summed E-state index contributed by atoms with van der Waals surface area (Å²) in [6, 6.07) is 4.33. The number of hydrogen-bond acceptors (Lipinski definition) is 5. The van der Waals surface area contributed by atoms with E-state index >= 15 is 0 Å². The molecule has 118 valence electrons. The zero-order chi connectivity index (χ0) is 16.3. The Balaban J connectivity index is 2.52. The number of thioether (sulfide) groups is 1. The van der Waals surface area contributed by atoms with E-state index in [4.69, 9.17) is 5.73 Å². The van der Waals surface area contributed by atoms with E-state index in [9.17, 15) is 14.3 Å². The number of halogens is 1. The fourth-order valence-electron chi connectivity index (χ4n) is 2.36. The Morgan fingerprint density at radius 2 is 2.36 bits per heavy atom. The smallest absolute Gasteiger partial charge is 0.211 e. The van der Waals surface area contributed by atoms with Crippen LogP contribution in [0.1, 0.15) is 25.8 Å². The lowest BCUT2D eigenvalue weighted by Gasteiger charge is -2.32. The van der Waals surface area contributed by atoms with Crippen molar-refractivity contribution in [1.82, 2.24) is 0 Å². The Hall–Kier alpha value is -1.86. The number of aliphatic hydroxyl groups excluding tert-OH is 1. The molecule has 1 unspecified atom stereocenters. The molecule has 0 aliphatic carbocycles. The van der Waals surface area contributed by atoms with Crippen molar-refractivity contribution in [3.8, 4) is 0 Å². The Labute approximate surface area is 132 Å². The average Bonchev–Trinajstić information content (AvgIpc) is 2.47. The van der Waals surface area contributed by atoms with Crippen molar-refractivity contribution >= 4 is 29.0 Å². The SMILES string of the molecule is C/C(CO)=C1\CC(C)(c2cc(NC=O)ccc2F)N=C(N)S1. The highest BCUT2D eigenvalue weighted by atomic mass is 32.2. The van der Waals surface area contributed by atoms with Gasteiger partial charge in [-0.05, 0) is 42.5 Å². The molecular weight excluding hydrogens is 305 g/mol. The number of nitrogens with one attached hydrogen (secondary N) is 1. The van der Waals surface area contributed by atoms with E-state index in [1.165, 1.54) is 23.9 Å². The van der Waals surface area contributed by atoms with Crippen LogP contribution in [0, 0.1) is 5.82 Å². The average molecular weight is 323 g/mol. The quantitative estimate of drug-likeness (QED) is 0.742. The molecule has 2 rings (SSSR count). The van der Waals surface area contributed by atoms with Crippen molar-refractivity contribution in [2.45, 2.75) is 25.8 Å². The standard InChI is InChI=1S/C15H18FN3O2S/c1-9(7-20)13-6-15(2,19-14(17)22-13)11-5-10(18-8-21)3-4-12(11)16/h3-5,8,20H,6-7H2,1-2H3,(H2,17,19)(H,18,21)/b13-9-. The van der Waals surface area contributed by atoms with Crippen LogP contribution < -0.4 is 11.1 Å². The number of rotatable bonds is 4. The predicted octanol–water partition coefficient (Wildman–Crippen LogP) is 2.33. The third kappa shape index (κ3) is 3.31. The van der Waals surface area contributed by atoms with Crippen molar-refractivity contribution in [3.63, 3.8) is 0 Å². The fourth-order valence-corrected chi connectivity index (χ4v) is 3.45. The van der Waals surface area contributed by atoms with Gasteiger partial charge in [0.2, 0.25) is 6.41 Å². The van der Waals surface area contributed by atoms with Crippen LogP contribution in [0.15, 0.2) is 33.7 Å². The number of nitrogens with two attached hydrogens (primary N) is 1. The van der Waals surface area contributed by atoms with Crippen molar-refractivity contribution in [1.29, 1.82) is 0 Å². The van der Waals surface area contributed by atoms with Gasteiger partial charge in [0.25, 0.3) is 0 Å². The summed E-state index contributed by atoms with van der Waals surface area (Å²) in [5.41, 5.74) is 6.63. The van der Waals surface area contributed by atoms with E-state index in [0.29, 0.717) is 29.2 Å². The Bertz CT molecular complexity index is 660. The molecule has 0 bridgehead atoms. The molecule has 5 nitrogen and oxygen atoms in total. The zero-order valence-electron chi connectivity index (χ0n) is 12.4. The molecule has 1 amide bonds. The number of nitrogens with zero attached hydrogens (tertiary/aromatic N) is 1. The second kappa shape index (κ2) is 6.50. The lowest BCUT2D eigenvalue weighted by Crippen LogP contribution is -2.29. The van der Waals surface area contributed by atoms with Gasteiger partial charge in [-0.3, -0.25) is 9.79 Å². The van der Waals surface area contributed by atoms with E-state index in [1.807, 2.05) is 6.92 Å². The van der Waals surface area contributed by atoms with Crippen molar-refractivity contribution in [3.05, 3.63) is 40.1 Å². The molecule has 0 saturated carbocycles. The molecule has 0 fully saturated rings. The highest BCUT2D eigenvalue weighted by Gasteiger charge is 2.35. The number of anilines is 1. The molecule has 1 aromatic rings. The van der Waals surface area contributed by atoms with Gasteiger partial charge in [0.15, 0.2) is 5.17 Å². The first-order valence-electron chi connectivity index (χ1n) is 6.72. The summed E-state index contributed by atoms with van der Waals surface area (Å²) in [5.74, 6) is -0.414. The van der Waals surface area contributed by atoms with Gasteiger partial charge in [-0.2, -0.15) is 0 Å². The number of amides is 1. The van der Waals surface area contributed by atoms with Crippen molar-refractivity contribution in [2.75, 3.05) is 11.9 Å². The number of benzene rings is 1. The maximum atomic E-state index is 14.3. The number of carbonyl (C=O) groups is 1. The fraction of sp³-hybridized carbons (Fsp3) is 0.333. The van der Waals surface area contributed by atoms with Gasteiger partial charge in [-0.1, -0.05) is 11.8 Å². The van der Waals surface area contributed by atoms with Crippen LogP contribution in [-0.4, -0.2) is 23.3 Å². The van der Waals surface area contributed by atoms with Crippen molar-refractivity contribution in [2.24, 2.45) is 10.7 Å². The first-order valence-corrected chi connectivity index (χ1v) is 7.54. The number of aliphatic hydroxyl groups is 1. The monoisotopic (exact) mass is 323 g/mol. The van der Waals surface area contributed by atoms with Crippen LogP contribution in [0.5, 0.6) is 0 Å². The summed E-state index contributed by atoms with van der Waals surface area (Å²) in [5, 5.41) is 12.1. The van der Waals surface area contributed by atoms with E-state index in [-0.39, 0.29) is 6.61 Å². The topological polar surface area (TPSA) is 87.7 Å². The molecular formula is C15H18FN3O2S. The van der Waals surface area contributed by atoms with Crippen LogP contribution >= 0.6 is 11.8 Å². The molecule has 1 aliphatic rings. The maximum absolute atomic E-state index is 14.3. The van der Waals surface area contributed by atoms with Gasteiger partial charge in [-0.15, -0.1) is 0 Å².